The van der Waals surface area contributed by atoms with E-state index in [1.54, 1.807) is 6.07 Å². The van der Waals surface area contributed by atoms with E-state index in [1.165, 1.54) is 18.2 Å². The maximum atomic E-state index is 12.1. The van der Waals surface area contributed by atoms with E-state index in [0.717, 1.165) is 12.8 Å². The molecule has 1 fully saturated rings. The summed E-state index contributed by atoms with van der Waals surface area (Å²) in [6.45, 7) is 0.169. The molecule has 0 radical (unpaired) electrons. The Hall–Kier alpha value is -1.76. The van der Waals surface area contributed by atoms with Gasteiger partial charge in [-0.15, -0.1) is 13.2 Å². The van der Waals surface area contributed by atoms with Crippen LogP contribution >= 0.6 is 0 Å². The van der Waals surface area contributed by atoms with Gasteiger partial charge in [0.2, 0.25) is 5.91 Å². The average Bonchev–Trinajstić information content (AvgIpc) is 3.18. The minimum Gasteiger partial charge on any atom is -0.406 e. The first-order valence-electron chi connectivity index (χ1n) is 6.63. The molecule has 0 saturated heterocycles. The fraction of sp³-hybridized carbons (Fsp3) is 0.500. The van der Waals surface area contributed by atoms with Crippen LogP contribution < -0.4 is 10.1 Å². The normalized spacial score (nSPS) is 16.4. The highest BCUT2D eigenvalue weighted by Gasteiger charge is 2.31. The van der Waals surface area contributed by atoms with Crippen molar-refractivity contribution in [3.63, 3.8) is 0 Å². The number of hydrogen-bond donors (Lipinski definition) is 2. The predicted octanol–water partition coefficient (Wildman–Crippen LogP) is 2.01. The van der Waals surface area contributed by atoms with Gasteiger partial charge in [-0.05, 0) is 36.5 Å². The van der Waals surface area contributed by atoms with Crippen LogP contribution in [0.3, 0.4) is 0 Å². The lowest BCUT2D eigenvalue weighted by molar-refractivity contribution is -0.274. The van der Waals surface area contributed by atoms with E-state index in [2.05, 4.69) is 10.1 Å². The van der Waals surface area contributed by atoms with Crippen molar-refractivity contribution in [2.24, 2.45) is 5.92 Å². The first-order valence-corrected chi connectivity index (χ1v) is 6.63. The molecule has 1 aliphatic carbocycles. The number of aliphatic hydroxyl groups excluding tert-OH is 1. The maximum absolute atomic E-state index is 12.1. The van der Waals surface area contributed by atoms with Gasteiger partial charge >= 0.3 is 6.36 Å². The molecule has 1 aromatic carbocycles. The van der Waals surface area contributed by atoms with Gasteiger partial charge in [-0.25, -0.2) is 0 Å². The summed E-state index contributed by atoms with van der Waals surface area (Å²) in [5, 5.41) is 12.2. The summed E-state index contributed by atoms with van der Waals surface area (Å²) in [7, 11) is 0. The van der Waals surface area contributed by atoms with Crippen LogP contribution in [0.5, 0.6) is 5.75 Å². The maximum Gasteiger partial charge on any atom is 0.573 e. The number of carbonyl (C=O) groups is 1. The lowest BCUT2D eigenvalue weighted by atomic mass is 10.1. The molecule has 0 heterocycles. The average molecular weight is 303 g/mol. The van der Waals surface area contributed by atoms with E-state index in [9.17, 15) is 23.1 Å². The Morgan fingerprint density at radius 1 is 1.43 bits per heavy atom. The topological polar surface area (TPSA) is 58.6 Å². The standard InChI is InChI=1S/C14H16F3NO3/c15-14(16,17)21-11-3-1-2-9(6-11)7-13(20)18-8-12(19)10-4-5-10/h1-3,6,10,12,19H,4-5,7-8H2,(H,18,20). The van der Waals surface area contributed by atoms with Crippen LogP contribution in [0, 0.1) is 5.92 Å². The molecule has 2 rings (SSSR count). The van der Waals surface area contributed by atoms with Crippen LogP contribution in [0.1, 0.15) is 18.4 Å². The quantitative estimate of drug-likeness (QED) is 0.845. The molecule has 1 aliphatic rings. The van der Waals surface area contributed by atoms with Crippen LogP contribution in [0.2, 0.25) is 0 Å². The van der Waals surface area contributed by atoms with Gasteiger partial charge in [-0.2, -0.15) is 0 Å². The largest absolute Gasteiger partial charge is 0.573 e. The molecule has 1 aromatic rings. The SMILES string of the molecule is O=C(Cc1cccc(OC(F)(F)F)c1)NCC(O)C1CC1. The molecule has 1 atom stereocenters. The third-order valence-electron chi connectivity index (χ3n) is 3.17. The summed E-state index contributed by atoms with van der Waals surface area (Å²) < 4.78 is 40.1. The number of hydrogen-bond acceptors (Lipinski definition) is 3. The van der Waals surface area contributed by atoms with Crippen molar-refractivity contribution < 1.29 is 27.8 Å². The first kappa shape index (κ1) is 15.6. The van der Waals surface area contributed by atoms with Crippen molar-refractivity contribution >= 4 is 5.91 Å². The second-order valence-corrected chi connectivity index (χ2v) is 5.08. The van der Waals surface area contributed by atoms with Gasteiger partial charge in [-0.1, -0.05) is 12.1 Å². The predicted molar refractivity (Wildman–Crippen MR) is 68.6 cm³/mol. The lowest BCUT2D eigenvalue weighted by Crippen LogP contribution is -2.34. The molecule has 116 valence electrons. The van der Waals surface area contributed by atoms with Crippen LogP contribution in [0.4, 0.5) is 13.2 Å². The van der Waals surface area contributed by atoms with Gasteiger partial charge in [0.1, 0.15) is 5.75 Å². The zero-order chi connectivity index (χ0) is 15.5. The Bertz CT molecular complexity index is 500. The number of rotatable bonds is 6. The molecule has 21 heavy (non-hydrogen) atoms. The first-order chi connectivity index (χ1) is 9.83. The fourth-order valence-corrected chi connectivity index (χ4v) is 1.97. The summed E-state index contributed by atoms with van der Waals surface area (Å²) in [4.78, 5) is 11.7. The molecule has 7 heteroatoms. The number of nitrogens with one attached hydrogen (secondary N) is 1. The summed E-state index contributed by atoms with van der Waals surface area (Å²) in [6, 6.07) is 5.28. The molecule has 1 amide bonds. The van der Waals surface area contributed by atoms with Crippen LogP contribution in [0.15, 0.2) is 24.3 Å². The zero-order valence-corrected chi connectivity index (χ0v) is 11.2. The molecular formula is C14H16F3NO3. The third-order valence-corrected chi connectivity index (χ3v) is 3.17. The van der Waals surface area contributed by atoms with Gasteiger partial charge in [-0.3, -0.25) is 4.79 Å². The van der Waals surface area contributed by atoms with Crippen molar-refractivity contribution in [3.05, 3.63) is 29.8 Å². The molecule has 0 aliphatic heterocycles. The minimum absolute atomic E-state index is 0.0631. The molecule has 1 unspecified atom stereocenters. The Morgan fingerprint density at radius 2 is 2.14 bits per heavy atom. The minimum atomic E-state index is -4.75. The van der Waals surface area contributed by atoms with Crippen molar-refractivity contribution in [3.8, 4) is 5.75 Å². The highest BCUT2D eigenvalue weighted by Crippen LogP contribution is 2.32. The van der Waals surface area contributed by atoms with Gasteiger partial charge in [0, 0.05) is 6.54 Å². The molecule has 0 spiro atoms. The Labute approximate surface area is 119 Å². The molecule has 0 bridgehead atoms. The van der Waals surface area contributed by atoms with Crippen molar-refractivity contribution in [1.82, 2.24) is 5.32 Å². The number of amides is 1. The molecule has 0 aromatic heterocycles. The van der Waals surface area contributed by atoms with E-state index < -0.39 is 12.5 Å². The van der Waals surface area contributed by atoms with Crippen molar-refractivity contribution in [2.45, 2.75) is 31.7 Å². The summed E-state index contributed by atoms with van der Waals surface area (Å²) in [6.07, 6.45) is -3.43. The highest BCUT2D eigenvalue weighted by molar-refractivity contribution is 5.78. The second kappa shape index (κ2) is 6.34. The van der Waals surface area contributed by atoms with E-state index >= 15 is 0 Å². The van der Waals surface area contributed by atoms with Gasteiger partial charge in [0.05, 0.1) is 12.5 Å². The molecular weight excluding hydrogens is 287 g/mol. The van der Waals surface area contributed by atoms with Crippen LogP contribution in [0.25, 0.3) is 0 Å². The van der Waals surface area contributed by atoms with Crippen molar-refractivity contribution in [1.29, 1.82) is 0 Å². The third kappa shape index (κ3) is 5.63. The van der Waals surface area contributed by atoms with E-state index in [1.807, 2.05) is 0 Å². The number of benzene rings is 1. The Balaban J connectivity index is 1.83. The summed E-state index contributed by atoms with van der Waals surface area (Å²) in [5.74, 6) is -0.446. The van der Waals surface area contributed by atoms with E-state index in [-0.39, 0.29) is 30.5 Å². The molecule has 2 N–H and O–H groups in total. The Kier molecular flexibility index (Phi) is 4.72. The van der Waals surface area contributed by atoms with E-state index in [4.69, 9.17) is 0 Å². The summed E-state index contributed by atoms with van der Waals surface area (Å²) >= 11 is 0. The fourth-order valence-electron chi connectivity index (χ4n) is 1.97. The second-order valence-electron chi connectivity index (χ2n) is 5.08. The van der Waals surface area contributed by atoms with Gasteiger partial charge < -0.3 is 15.2 Å². The van der Waals surface area contributed by atoms with Gasteiger partial charge in [0.25, 0.3) is 0 Å². The number of alkyl halides is 3. The lowest BCUT2D eigenvalue weighted by Gasteiger charge is -2.12. The monoisotopic (exact) mass is 303 g/mol. The number of aliphatic hydroxyl groups is 1. The van der Waals surface area contributed by atoms with E-state index in [0.29, 0.717) is 5.56 Å². The molecule has 1 saturated carbocycles. The van der Waals surface area contributed by atoms with Crippen LogP contribution in [-0.2, 0) is 11.2 Å². The van der Waals surface area contributed by atoms with Crippen molar-refractivity contribution in [2.75, 3.05) is 6.54 Å². The Morgan fingerprint density at radius 3 is 2.76 bits per heavy atom. The zero-order valence-electron chi connectivity index (χ0n) is 11.2. The van der Waals surface area contributed by atoms with Crippen LogP contribution in [-0.4, -0.2) is 30.0 Å². The smallest absolute Gasteiger partial charge is 0.406 e. The van der Waals surface area contributed by atoms with Gasteiger partial charge in [0.15, 0.2) is 0 Å². The molecule has 4 nitrogen and oxygen atoms in total. The number of ether oxygens (including phenoxy) is 1. The summed E-state index contributed by atoms with van der Waals surface area (Å²) in [5.41, 5.74) is 0.412. The number of halogens is 3. The number of carbonyl (C=O) groups excluding carboxylic acids is 1. The highest BCUT2D eigenvalue weighted by atomic mass is 19.4.